The van der Waals surface area contributed by atoms with Crippen LogP contribution in [-0.2, 0) is 0 Å². The quantitative estimate of drug-likeness (QED) is 0.604. The van der Waals surface area contributed by atoms with Crippen molar-refractivity contribution in [3.8, 4) is 0 Å². The second kappa shape index (κ2) is 3.35. The van der Waals surface area contributed by atoms with Gasteiger partial charge in [0.1, 0.15) is 0 Å². The third-order valence-corrected chi connectivity index (χ3v) is 2.46. The van der Waals surface area contributed by atoms with E-state index < -0.39 is 0 Å². The molecule has 0 atom stereocenters. The molecule has 1 saturated heterocycles. The summed E-state index contributed by atoms with van der Waals surface area (Å²) in [6.45, 7) is 6.25. The van der Waals surface area contributed by atoms with Crippen molar-refractivity contribution in [2.75, 3.05) is 13.1 Å². The van der Waals surface area contributed by atoms with Crippen LogP contribution >= 0.6 is 0 Å². The van der Waals surface area contributed by atoms with Gasteiger partial charge in [0.15, 0.2) is 0 Å². The number of hydrogen-bond acceptors (Lipinski definition) is 2. The van der Waals surface area contributed by atoms with Crippen molar-refractivity contribution >= 4 is 0 Å². The third-order valence-electron chi connectivity index (χ3n) is 2.46. The first-order valence-electron chi connectivity index (χ1n) is 4.14. The minimum Gasteiger partial charge on any atom is -0.314 e. The lowest BCUT2D eigenvalue weighted by Crippen LogP contribution is -2.32. The molecule has 1 heterocycles. The van der Waals surface area contributed by atoms with Gasteiger partial charge in [-0.05, 0) is 24.7 Å². The summed E-state index contributed by atoms with van der Waals surface area (Å²) < 4.78 is 0. The Morgan fingerprint density at radius 1 is 1.30 bits per heavy atom. The SMILES string of the molecule is CC(C)C1CCN(O)CC1. The van der Waals surface area contributed by atoms with Gasteiger partial charge in [0.25, 0.3) is 0 Å². The van der Waals surface area contributed by atoms with Crippen LogP contribution in [0.2, 0.25) is 0 Å². The van der Waals surface area contributed by atoms with E-state index in [1.165, 1.54) is 5.06 Å². The van der Waals surface area contributed by atoms with Crippen LogP contribution in [0.3, 0.4) is 0 Å². The van der Waals surface area contributed by atoms with Crippen molar-refractivity contribution < 1.29 is 5.21 Å². The van der Waals surface area contributed by atoms with Crippen molar-refractivity contribution in [1.82, 2.24) is 5.06 Å². The van der Waals surface area contributed by atoms with E-state index >= 15 is 0 Å². The van der Waals surface area contributed by atoms with Gasteiger partial charge >= 0.3 is 0 Å². The highest BCUT2D eigenvalue weighted by Gasteiger charge is 2.19. The molecule has 1 N–H and O–H groups in total. The molecule has 0 radical (unpaired) electrons. The van der Waals surface area contributed by atoms with Crippen LogP contribution in [0.15, 0.2) is 0 Å². The highest BCUT2D eigenvalue weighted by molar-refractivity contribution is 4.69. The zero-order valence-corrected chi connectivity index (χ0v) is 6.88. The lowest BCUT2D eigenvalue weighted by atomic mass is 9.87. The van der Waals surface area contributed by atoms with Gasteiger partial charge in [-0.1, -0.05) is 13.8 Å². The van der Waals surface area contributed by atoms with Crippen LogP contribution in [0.1, 0.15) is 26.7 Å². The minimum atomic E-state index is 0.786. The Labute approximate surface area is 62.8 Å². The lowest BCUT2D eigenvalue weighted by molar-refractivity contribution is -0.114. The largest absolute Gasteiger partial charge is 0.314 e. The molecular weight excluding hydrogens is 126 g/mol. The Balaban J connectivity index is 2.26. The Morgan fingerprint density at radius 2 is 1.80 bits per heavy atom. The summed E-state index contributed by atoms with van der Waals surface area (Å²) in [6.07, 6.45) is 2.32. The molecule has 0 unspecified atom stereocenters. The second-order valence-corrected chi connectivity index (χ2v) is 3.54. The summed E-state index contributed by atoms with van der Waals surface area (Å²) in [6, 6.07) is 0. The fourth-order valence-corrected chi connectivity index (χ4v) is 1.55. The fourth-order valence-electron chi connectivity index (χ4n) is 1.55. The van der Waals surface area contributed by atoms with E-state index in [4.69, 9.17) is 5.21 Å². The average molecular weight is 143 g/mol. The maximum atomic E-state index is 9.04. The predicted molar refractivity (Wildman–Crippen MR) is 40.9 cm³/mol. The van der Waals surface area contributed by atoms with Crippen molar-refractivity contribution in [3.63, 3.8) is 0 Å². The first-order chi connectivity index (χ1) is 4.70. The van der Waals surface area contributed by atoms with Gasteiger partial charge in [-0.15, -0.1) is 0 Å². The summed E-state index contributed by atoms with van der Waals surface area (Å²) in [5.41, 5.74) is 0. The van der Waals surface area contributed by atoms with E-state index in [9.17, 15) is 0 Å². The maximum Gasteiger partial charge on any atom is 0.0240 e. The Bertz CT molecular complexity index is 95.4. The Morgan fingerprint density at radius 3 is 2.20 bits per heavy atom. The molecule has 10 heavy (non-hydrogen) atoms. The van der Waals surface area contributed by atoms with Crippen molar-refractivity contribution in [3.05, 3.63) is 0 Å². The minimum absolute atomic E-state index is 0.786. The van der Waals surface area contributed by atoms with Gasteiger partial charge in [-0.2, -0.15) is 5.06 Å². The highest BCUT2D eigenvalue weighted by atomic mass is 16.5. The molecule has 0 saturated carbocycles. The van der Waals surface area contributed by atoms with Gasteiger partial charge in [-0.25, -0.2) is 0 Å². The summed E-state index contributed by atoms with van der Waals surface area (Å²) in [4.78, 5) is 0. The number of nitrogens with zero attached hydrogens (tertiary/aromatic N) is 1. The number of hydrogen-bond donors (Lipinski definition) is 1. The molecule has 1 aliphatic rings. The van der Waals surface area contributed by atoms with E-state index in [0.29, 0.717) is 0 Å². The van der Waals surface area contributed by atoms with E-state index in [2.05, 4.69) is 13.8 Å². The van der Waals surface area contributed by atoms with Gasteiger partial charge in [0, 0.05) is 13.1 Å². The van der Waals surface area contributed by atoms with E-state index in [1.807, 2.05) is 0 Å². The van der Waals surface area contributed by atoms with Gasteiger partial charge in [0.2, 0.25) is 0 Å². The molecule has 0 aliphatic carbocycles. The molecule has 1 aliphatic heterocycles. The molecule has 1 rings (SSSR count). The Hall–Kier alpha value is -0.0800. The van der Waals surface area contributed by atoms with Crippen molar-refractivity contribution in [1.29, 1.82) is 0 Å². The van der Waals surface area contributed by atoms with Crippen LogP contribution in [-0.4, -0.2) is 23.4 Å². The predicted octanol–water partition coefficient (Wildman–Crippen LogP) is 1.74. The monoisotopic (exact) mass is 143 g/mol. The van der Waals surface area contributed by atoms with E-state index in [0.717, 1.165) is 37.8 Å². The Kier molecular flexibility index (Phi) is 2.69. The zero-order chi connectivity index (χ0) is 7.56. The molecule has 60 valence electrons. The average Bonchev–Trinajstić information content (AvgIpc) is 1.88. The van der Waals surface area contributed by atoms with Crippen molar-refractivity contribution in [2.24, 2.45) is 11.8 Å². The normalized spacial score (nSPS) is 24.0. The standard InChI is InChI=1S/C8H17NO/c1-7(2)8-3-5-9(10)6-4-8/h7-8,10H,3-6H2,1-2H3. The summed E-state index contributed by atoms with van der Waals surface area (Å²) in [5.74, 6) is 1.62. The van der Waals surface area contributed by atoms with Crippen LogP contribution in [0.25, 0.3) is 0 Å². The highest BCUT2D eigenvalue weighted by Crippen LogP contribution is 2.23. The van der Waals surface area contributed by atoms with Crippen molar-refractivity contribution in [2.45, 2.75) is 26.7 Å². The second-order valence-electron chi connectivity index (χ2n) is 3.54. The molecule has 0 bridgehead atoms. The third kappa shape index (κ3) is 1.96. The van der Waals surface area contributed by atoms with Crippen LogP contribution < -0.4 is 0 Å². The van der Waals surface area contributed by atoms with Crippen LogP contribution in [0.4, 0.5) is 0 Å². The summed E-state index contributed by atoms with van der Waals surface area (Å²) >= 11 is 0. The van der Waals surface area contributed by atoms with Gasteiger partial charge < -0.3 is 5.21 Å². The summed E-state index contributed by atoms with van der Waals surface area (Å²) in [5, 5.41) is 10.5. The molecular formula is C8H17NO. The first-order valence-corrected chi connectivity index (χ1v) is 4.14. The zero-order valence-electron chi connectivity index (χ0n) is 6.88. The molecule has 2 nitrogen and oxygen atoms in total. The fraction of sp³-hybridized carbons (Fsp3) is 1.00. The molecule has 0 aromatic heterocycles. The van der Waals surface area contributed by atoms with E-state index in [1.54, 1.807) is 0 Å². The molecule has 0 aromatic rings. The molecule has 0 amide bonds. The molecule has 1 fully saturated rings. The number of rotatable bonds is 1. The van der Waals surface area contributed by atoms with Gasteiger partial charge in [-0.3, -0.25) is 0 Å². The van der Waals surface area contributed by atoms with E-state index in [-0.39, 0.29) is 0 Å². The summed E-state index contributed by atoms with van der Waals surface area (Å²) in [7, 11) is 0. The first kappa shape index (κ1) is 8.02. The lowest BCUT2D eigenvalue weighted by Gasteiger charge is -2.29. The molecule has 0 spiro atoms. The molecule has 0 aromatic carbocycles. The topological polar surface area (TPSA) is 23.5 Å². The van der Waals surface area contributed by atoms with Crippen LogP contribution in [0.5, 0.6) is 0 Å². The smallest absolute Gasteiger partial charge is 0.0240 e. The number of piperidine rings is 1. The molecule has 2 heteroatoms. The van der Waals surface area contributed by atoms with Gasteiger partial charge in [0.05, 0.1) is 0 Å². The number of hydroxylamine groups is 2. The van der Waals surface area contributed by atoms with Crippen LogP contribution in [0, 0.1) is 11.8 Å². The maximum absolute atomic E-state index is 9.04.